The molecule has 0 unspecified atom stereocenters. The monoisotopic (exact) mass is 298 g/mol. The Morgan fingerprint density at radius 2 is 1.45 bits per heavy atom. The van der Waals surface area contributed by atoms with Crippen LogP contribution in [0.2, 0.25) is 0 Å². The number of hydrogen-bond donors (Lipinski definition) is 0. The van der Waals surface area contributed by atoms with E-state index in [0.717, 1.165) is 17.0 Å². The summed E-state index contributed by atoms with van der Waals surface area (Å²) < 4.78 is 13.7. The lowest BCUT2D eigenvalue weighted by Gasteiger charge is -2.26. The van der Waals surface area contributed by atoms with Gasteiger partial charge in [0.05, 0.1) is 0 Å². The molecule has 0 nitrogen and oxygen atoms in total. The maximum atomic E-state index is 13.7. The topological polar surface area (TPSA) is 0 Å². The summed E-state index contributed by atoms with van der Waals surface area (Å²) in [7, 11) is 0. The van der Waals surface area contributed by atoms with E-state index in [0.29, 0.717) is 11.5 Å². The van der Waals surface area contributed by atoms with Crippen LogP contribution in [0.15, 0.2) is 42.5 Å². The Morgan fingerprint density at radius 1 is 0.864 bits per heavy atom. The maximum absolute atomic E-state index is 13.7. The quantitative estimate of drug-likeness (QED) is 0.576. The van der Waals surface area contributed by atoms with Crippen molar-refractivity contribution in [1.29, 1.82) is 0 Å². The molecule has 1 heteroatoms. The van der Waals surface area contributed by atoms with E-state index in [2.05, 4.69) is 31.2 Å². The van der Waals surface area contributed by atoms with Crippen LogP contribution in [0, 0.1) is 18.7 Å². The van der Waals surface area contributed by atoms with E-state index in [1.54, 1.807) is 13.0 Å². The molecule has 1 aliphatic rings. The second-order valence-corrected chi connectivity index (χ2v) is 6.54. The fraction of sp³-hybridized carbons (Fsp3) is 0.429. The molecule has 0 radical (unpaired) electrons. The number of rotatable bonds is 2. The van der Waals surface area contributed by atoms with E-state index in [-0.39, 0.29) is 13.2 Å². The van der Waals surface area contributed by atoms with Crippen molar-refractivity contribution in [3.63, 3.8) is 0 Å². The van der Waals surface area contributed by atoms with Crippen molar-refractivity contribution >= 4 is 0 Å². The van der Waals surface area contributed by atoms with E-state index in [4.69, 9.17) is 0 Å². The van der Waals surface area contributed by atoms with E-state index >= 15 is 0 Å². The molecular formula is C21H27F. The number of benzene rings is 2. The molecule has 118 valence electrons. The van der Waals surface area contributed by atoms with Crippen LogP contribution >= 0.6 is 0 Å². The summed E-state index contributed by atoms with van der Waals surface area (Å²) >= 11 is 0. The summed E-state index contributed by atoms with van der Waals surface area (Å²) in [6.45, 7) is 4.15. The van der Waals surface area contributed by atoms with Gasteiger partial charge in [0.1, 0.15) is 5.82 Å². The zero-order valence-corrected chi connectivity index (χ0v) is 12.9. The van der Waals surface area contributed by atoms with Crippen LogP contribution in [0.4, 0.5) is 4.39 Å². The molecule has 1 saturated carbocycles. The predicted octanol–water partition coefficient (Wildman–Crippen LogP) is 6.73. The number of halogens is 1. The van der Waals surface area contributed by atoms with Gasteiger partial charge in [0.15, 0.2) is 0 Å². The van der Waals surface area contributed by atoms with Gasteiger partial charge >= 0.3 is 0 Å². The SMILES string of the molecule is C.Cc1ccc(-c2ccc(C3CCC(C)CC3)cc2)cc1F. The van der Waals surface area contributed by atoms with Crippen molar-refractivity contribution in [3.8, 4) is 11.1 Å². The van der Waals surface area contributed by atoms with E-state index in [9.17, 15) is 4.39 Å². The van der Waals surface area contributed by atoms with Gasteiger partial charge in [-0.05, 0) is 59.9 Å². The number of hydrogen-bond acceptors (Lipinski definition) is 0. The van der Waals surface area contributed by atoms with Gasteiger partial charge in [-0.3, -0.25) is 0 Å². The highest BCUT2D eigenvalue weighted by Gasteiger charge is 2.19. The molecule has 0 spiro atoms. The fourth-order valence-electron chi connectivity index (χ4n) is 3.31. The van der Waals surface area contributed by atoms with Gasteiger partial charge < -0.3 is 0 Å². The highest BCUT2D eigenvalue weighted by atomic mass is 19.1. The Bertz CT molecular complexity index is 604. The van der Waals surface area contributed by atoms with E-state index in [1.807, 2.05) is 12.1 Å². The molecule has 3 rings (SSSR count). The molecule has 0 aromatic heterocycles. The van der Waals surface area contributed by atoms with Gasteiger partial charge in [-0.1, -0.05) is 63.6 Å². The standard InChI is InChI=1S/C20H23F.CH4/c1-14-3-6-16(7-4-14)17-9-11-18(12-10-17)19-8-5-15(2)20(21)13-19;/h5,8-14,16H,3-4,6-7H2,1-2H3;1H4. The van der Waals surface area contributed by atoms with Crippen molar-refractivity contribution in [1.82, 2.24) is 0 Å². The lowest BCUT2D eigenvalue weighted by atomic mass is 9.79. The molecule has 0 heterocycles. The minimum atomic E-state index is -0.127. The third-order valence-electron chi connectivity index (χ3n) is 4.90. The first kappa shape index (κ1) is 16.7. The maximum Gasteiger partial charge on any atom is 0.126 e. The Morgan fingerprint density at radius 3 is 2.05 bits per heavy atom. The summed E-state index contributed by atoms with van der Waals surface area (Å²) in [6.07, 6.45) is 5.30. The third-order valence-corrected chi connectivity index (χ3v) is 4.90. The molecule has 0 amide bonds. The highest BCUT2D eigenvalue weighted by molar-refractivity contribution is 5.64. The van der Waals surface area contributed by atoms with E-state index < -0.39 is 0 Å². The molecule has 0 atom stereocenters. The lowest BCUT2D eigenvalue weighted by Crippen LogP contribution is -2.10. The molecular weight excluding hydrogens is 271 g/mol. The van der Waals surface area contributed by atoms with Crippen molar-refractivity contribution in [2.45, 2.75) is 52.9 Å². The molecule has 22 heavy (non-hydrogen) atoms. The van der Waals surface area contributed by atoms with Gasteiger partial charge in [-0.15, -0.1) is 0 Å². The molecule has 2 aromatic carbocycles. The zero-order chi connectivity index (χ0) is 14.8. The van der Waals surface area contributed by atoms with Crippen LogP contribution in [-0.2, 0) is 0 Å². The first-order chi connectivity index (χ1) is 10.1. The van der Waals surface area contributed by atoms with Crippen LogP contribution in [0.1, 0.15) is 57.1 Å². The van der Waals surface area contributed by atoms with Gasteiger partial charge in [-0.2, -0.15) is 0 Å². The van der Waals surface area contributed by atoms with Crippen molar-refractivity contribution in [3.05, 3.63) is 59.4 Å². The molecule has 0 saturated heterocycles. The normalized spacial score (nSPS) is 21.2. The molecule has 1 fully saturated rings. The largest absolute Gasteiger partial charge is 0.207 e. The van der Waals surface area contributed by atoms with Gasteiger partial charge in [0, 0.05) is 0 Å². The Hall–Kier alpha value is -1.63. The average molecular weight is 298 g/mol. The van der Waals surface area contributed by atoms with Crippen molar-refractivity contribution in [2.75, 3.05) is 0 Å². The molecule has 2 aromatic rings. The molecule has 0 aliphatic heterocycles. The lowest BCUT2D eigenvalue weighted by molar-refractivity contribution is 0.348. The summed E-state index contributed by atoms with van der Waals surface area (Å²) in [4.78, 5) is 0. The first-order valence-corrected chi connectivity index (χ1v) is 8.00. The molecule has 0 N–H and O–H groups in total. The Kier molecular flexibility index (Phi) is 5.39. The van der Waals surface area contributed by atoms with Crippen LogP contribution in [-0.4, -0.2) is 0 Å². The average Bonchev–Trinajstić information content (AvgIpc) is 2.51. The van der Waals surface area contributed by atoms with Crippen LogP contribution < -0.4 is 0 Å². The van der Waals surface area contributed by atoms with Crippen molar-refractivity contribution in [2.24, 2.45) is 5.92 Å². The summed E-state index contributed by atoms with van der Waals surface area (Å²) in [5, 5.41) is 0. The zero-order valence-electron chi connectivity index (χ0n) is 12.9. The minimum Gasteiger partial charge on any atom is -0.207 e. The third kappa shape index (κ3) is 3.58. The van der Waals surface area contributed by atoms with Crippen LogP contribution in [0.3, 0.4) is 0 Å². The second kappa shape index (κ2) is 7.09. The van der Waals surface area contributed by atoms with Gasteiger partial charge in [0.25, 0.3) is 0 Å². The Balaban J connectivity index is 0.00000176. The van der Waals surface area contributed by atoms with Crippen LogP contribution in [0.25, 0.3) is 11.1 Å². The fourth-order valence-corrected chi connectivity index (χ4v) is 3.31. The van der Waals surface area contributed by atoms with E-state index in [1.165, 1.54) is 31.2 Å². The summed E-state index contributed by atoms with van der Waals surface area (Å²) in [5.74, 6) is 1.47. The summed E-state index contributed by atoms with van der Waals surface area (Å²) in [6, 6.07) is 14.2. The smallest absolute Gasteiger partial charge is 0.126 e. The second-order valence-electron chi connectivity index (χ2n) is 6.54. The highest BCUT2D eigenvalue weighted by Crippen LogP contribution is 2.36. The molecule has 1 aliphatic carbocycles. The van der Waals surface area contributed by atoms with Crippen LogP contribution in [0.5, 0.6) is 0 Å². The Labute approximate surface area is 134 Å². The predicted molar refractivity (Wildman–Crippen MR) is 93.7 cm³/mol. The molecule has 0 bridgehead atoms. The summed E-state index contributed by atoms with van der Waals surface area (Å²) in [5.41, 5.74) is 4.20. The first-order valence-electron chi connectivity index (χ1n) is 8.00. The minimum absolute atomic E-state index is 0. The number of aryl methyl sites for hydroxylation is 1. The van der Waals surface area contributed by atoms with Gasteiger partial charge in [0.2, 0.25) is 0 Å². The van der Waals surface area contributed by atoms with Gasteiger partial charge in [-0.25, -0.2) is 4.39 Å². The van der Waals surface area contributed by atoms with Crippen molar-refractivity contribution < 1.29 is 4.39 Å².